The first kappa shape index (κ1) is 16.8. The van der Waals surface area contributed by atoms with Crippen molar-refractivity contribution >= 4 is 11.6 Å². The van der Waals surface area contributed by atoms with Crippen molar-refractivity contribution in [1.29, 1.82) is 0 Å². The first-order valence-corrected chi connectivity index (χ1v) is 9.02. The molecule has 1 aromatic carbocycles. The fourth-order valence-electron chi connectivity index (χ4n) is 3.65. The van der Waals surface area contributed by atoms with Crippen LogP contribution in [0.15, 0.2) is 18.2 Å². The van der Waals surface area contributed by atoms with Gasteiger partial charge in [0.2, 0.25) is 0 Å². The lowest BCUT2D eigenvalue weighted by Crippen LogP contribution is -2.31. The second-order valence-corrected chi connectivity index (χ2v) is 7.04. The first-order valence-electron chi connectivity index (χ1n) is 8.65. The molecule has 0 radical (unpaired) electrons. The minimum absolute atomic E-state index is 0.499. The van der Waals surface area contributed by atoms with Gasteiger partial charge in [-0.05, 0) is 61.8 Å². The molecule has 1 N–H and O–H groups in total. The molecule has 1 aromatic rings. The second kappa shape index (κ2) is 8.19. The van der Waals surface area contributed by atoms with Crippen molar-refractivity contribution in [1.82, 2.24) is 5.32 Å². The molecule has 2 rings (SSSR count). The van der Waals surface area contributed by atoms with Crippen molar-refractivity contribution in [3.8, 4) is 0 Å². The molecule has 1 aliphatic carbocycles. The van der Waals surface area contributed by atoms with E-state index >= 15 is 0 Å². The number of aryl methyl sites for hydroxylation is 1. The maximum atomic E-state index is 6.19. The molecule has 1 saturated carbocycles. The van der Waals surface area contributed by atoms with E-state index in [1.807, 2.05) is 0 Å². The van der Waals surface area contributed by atoms with Gasteiger partial charge < -0.3 is 5.32 Å². The number of hydrogen-bond donors (Lipinski definition) is 1. The van der Waals surface area contributed by atoms with Gasteiger partial charge in [0.15, 0.2) is 0 Å². The van der Waals surface area contributed by atoms with E-state index in [9.17, 15) is 0 Å². The molecule has 1 nitrogen and oxygen atoms in total. The van der Waals surface area contributed by atoms with Crippen LogP contribution in [0.2, 0.25) is 5.02 Å². The van der Waals surface area contributed by atoms with Gasteiger partial charge >= 0.3 is 0 Å². The molecule has 0 spiro atoms. The predicted molar refractivity (Wildman–Crippen MR) is 93.0 cm³/mol. The minimum Gasteiger partial charge on any atom is -0.310 e. The van der Waals surface area contributed by atoms with Crippen LogP contribution in [0.5, 0.6) is 0 Å². The summed E-state index contributed by atoms with van der Waals surface area (Å²) >= 11 is 6.19. The summed E-state index contributed by atoms with van der Waals surface area (Å²) in [5.74, 6) is 1.74. The summed E-state index contributed by atoms with van der Waals surface area (Å²) in [5, 5.41) is 4.67. The van der Waals surface area contributed by atoms with E-state index in [1.54, 1.807) is 0 Å². The summed E-state index contributed by atoms with van der Waals surface area (Å²) in [5.41, 5.74) is 2.62. The highest BCUT2D eigenvalue weighted by molar-refractivity contribution is 6.31. The molecule has 21 heavy (non-hydrogen) atoms. The molecule has 2 heteroatoms. The molecule has 0 aromatic heterocycles. The largest absolute Gasteiger partial charge is 0.310 e. The molecule has 1 atom stereocenters. The van der Waals surface area contributed by atoms with Crippen molar-refractivity contribution in [2.75, 3.05) is 6.54 Å². The lowest BCUT2D eigenvalue weighted by molar-refractivity contribution is 0.219. The molecule has 1 unspecified atom stereocenters. The lowest BCUT2D eigenvalue weighted by atomic mass is 9.76. The highest BCUT2D eigenvalue weighted by Gasteiger charge is 2.27. The Morgan fingerprint density at radius 3 is 2.48 bits per heavy atom. The smallest absolute Gasteiger partial charge is 0.0435 e. The molecule has 1 fully saturated rings. The molecule has 118 valence electrons. The molecular weight excluding hydrogens is 278 g/mol. The number of rotatable bonds is 6. The van der Waals surface area contributed by atoms with Crippen LogP contribution >= 0.6 is 11.6 Å². The van der Waals surface area contributed by atoms with Gasteiger partial charge in [-0.3, -0.25) is 0 Å². The average molecular weight is 308 g/mol. The van der Waals surface area contributed by atoms with Gasteiger partial charge in [-0.15, -0.1) is 0 Å². The van der Waals surface area contributed by atoms with Crippen LogP contribution in [0, 0.1) is 18.8 Å². The fraction of sp³-hybridized carbons (Fsp3) is 0.684. The van der Waals surface area contributed by atoms with Gasteiger partial charge in [-0.1, -0.05) is 56.8 Å². The van der Waals surface area contributed by atoms with E-state index < -0.39 is 0 Å². The van der Waals surface area contributed by atoms with E-state index in [0.29, 0.717) is 6.04 Å². The van der Waals surface area contributed by atoms with Crippen LogP contribution in [0.3, 0.4) is 0 Å². The molecule has 0 bridgehead atoms. The summed E-state index contributed by atoms with van der Waals surface area (Å²) < 4.78 is 0. The topological polar surface area (TPSA) is 12.0 Å². The number of nitrogens with one attached hydrogen (secondary N) is 1. The highest BCUT2D eigenvalue weighted by atomic mass is 35.5. The van der Waals surface area contributed by atoms with Crippen LogP contribution < -0.4 is 5.32 Å². The van der Waals surface area contributed by atoms with E-state index in [0.717, 1.165) is 23.4 Å². The van der Waals surface area contributed by atoms with Crippen LogP contribution in [0.4, 0.5) is 0 Å². The number of hydrogen-bond acceptors (Lipinski definition) is 1. The van der Waals surface area contributed by atoms with Crippen LogP contribution in [-0.4, -0.2) is 6.54 Å². The van der Waals surface area contributed by atoms with Gasteiger partial charge in [0.25, 0.3) is 0 Å². The quantitative estimate of drug-likeness (QED) is 0.689. The maximum absolute atomic E-state index is 6.19. The molecule has 0 heterocycles. The summed E-state index contributed by atoms with van der Waals surface area (Å²) in [7, 11) is 0. The monoisotopic (exact) mass is 307 g/mol. The molecule has 1 aliphatic rings. The predicted octanol–water partition coefficient (Wildman–Crippen LogP) is 5.91. The van der Waals surface area contributed by atoms with Crippen molar-refractivity contribution < 1.29 is 0 Å². The third-order valence-corrected chi connectivity index (χ3v) is 5.52. The first-order chi connectivity index (χ1) is 10.2. The lowest BCUT2D eigenvalue weighted by Gasteiger charge is -2.34. The molecule has 0 amide bonds. The van der Waals surface area contributed by atoms with Crippen LogP contribution in [-0.2, 0) is 0 Å². The minimum atomic E-state index is 0.499. The fourth-order valence-corrected chi connectivity index (χ4v) is 3.77. The Labute approximate surface area is 135 Å². The van der Waals surface area contributed by atoms with Gasteiger partial charge in [0.05, 0.1) is 0 Å². The third kappa shape index (κ3) is 4.47. The summed E-state index contributed by atoms with van der Waals surface area (Å²) in [6.45, 7) is 7.78. The van der Waals surface area contributed by atoms with Crippen molar-refractivity contribution in [2.45, 2.75) is 65.3 Å². The Hall–Kier alpha value is -0.530. The Bertz CT molecular complexity index is 435. The zero-order valence-corrected chi connectivity index (χ0v) is 14.5. The third-order valence-electron chi connectivity index (χ3n) is 5.10. The Morgan fingerprint density at radius 1 is 1.19 bits per heavy atom. The van der Waals surface area contributed by atoms with Crippen molar-refractivity contribution in [3.05, 3.63) is 34.3 Å². The maximum Gasteiger partial charge on any atom is 0.0435 e. The zero-order valence-electron chi connectivity index (χ0n) is 13.8. The van der Waals surface area contributed by atoms with E-state index in [1.165, 1.54) is 49.7 Å². The van der Waals surface area contributed by atoms with Gasteiger partial charge in [-0.25, -0.2) is 0 Å². The Balaban J connectivity index is 2.12. The average Bonchev–Trinajstić information content (AvgIpc) is 2.51. The number of benzene rings is 1. The summed E-state index contributed by atoms with van der Waals surface area (Å²) in [6.07, 6.45) is 8.06. The normalized spacial score (nSPS) is 24.0. The standard InChI is InChI=1S/C19H30ClN/c1-4-12-21-19(16-8-6-15(5-2)7-9-16)17-10-11-18(20)14(3)13-17/h10-11,13,15-16,19,21H,4-9,12H2,1-3H3. The Kier molecular flexibility index (Phi) is 6.57. The summed E-state index contributed by atoms with van der Waals surface area (Å²) in [4.78, 5) is 0. The summed E-state index contributed by atoms with van der Waals surface area (Å²) in [6, 6.07) is 7.06. The van der Waals surface area contributed by atoms with Gasteiger partial charge in [-0.2, -0.15) is 0 Å². The second-order valence-electron chi connectivity index (χ2n) is 6.63. The van der Waals surface area contributed by atoms with Gasteiger partial charge in [0.1, 0.15) is 0 Å². The van der Waals surface area contributed by atoms with Crippen LogP contribution in [0.25, 0.3) is 0 Å². The Morgan fingerprint density at radius 2 is 1.90 bits per heavy atom. The zero-order chi connectivity index (χ0) is 15.2. The molecular formula is C19H30ClN. The van der Waals surface area contributed by atoms with Crippen molar-refractivity contribution in [2.24, 2.45) is 11.8 Å². The molecule has 0 aliphatic heterocycles. The number of halogens is 1. The van der Waals surface area contributed by atoms with E-state index in [2.05, 4.69) is 44.3 Å². The van der Waals surface area contributed by atoms with Gasteiger partial charge in [0, 0.05) is 11.1 Å². The van der Waals surface area contributed by atoms with E-state index in [-0.39, 0.29) is 0 Å². The van der Waals surface area contributed by atoms with Crippen LogP contribution in [0.1, 0.15) is 69.5 Å². The molecule has 0 saturated heterocycles. The highest BCUT2D eigenvalue weighted by Crippen LogP contribution is 2.38. The SMILES string of the molecule is CCCNC(c1ccc(Cl)c(C)c1)C1CCC(CC)CC1. The van der Waals surface area contributed by atoms with E-state index in [4.69, 9.17) is 11.6 Å². The van der Waals surface area contributed by atoms with Crippen molar-refractivity contribution in [3.63, 3.8) is 0 Å².